The molecule has 0 amide bonds. The number of nitrogens with zero attached hydrogens (tertiary/aromatic N) is 1. The number of likely N-dealkylation sites (N-methyl/N-ethyl adjacent to an activating group) is 1. The highest BCUT2D eigenvalue weighted by Gasteiger charge is 2.35. The lowest BCUT2D eigenvalue weighted by molar-refractivity contribution is 0.0286. The molecule has 3 nitrogen and oxygen atoms in total. The first-order chi connectivity index (χ1) is 6.31. The molecule has 0 aliphatic carbocycles. The van der Waals surface area contributed by atoms with Crippen LogP contribution >= 0.6 is 0 Å². The van der Waals surface area contributed by atoms with Gasteiger partial charge in [-0.25, -0.2) is 0 Å². The fourth-order valence-corrected chi connectivity index (χ4v) is 2.71. The third-order valence-corrected chi connectivity index (χ3v) is 3.39. The standard InChI is InChI=1S/C10H20N2O/c1-12-6-8-4-3-5-9(11-8)10(12)7-13-2/h8-11H,3-7H2,1-2H3/t8-,9+,10-/m0/s1. The second-order valence-electron chi connectivity index (χ2n) is 4.36. The van der Waals surface area contributed by atoms with Gasteiger partial charge in [-0.1, -0.05) is 6.42 Å². The van der Waals surface area contributed by atoms with Crippen LogP contribution in [0.2, 0.25) is 0 Å². The SMILES string of the molecule is COC[C@H]1[C@H]2CCC[C@@H](CN1C)N2. The van der Waals surface area contributed by atoms with Crippen LogP contribution in [0.4, 0.5) is 0 Å². The first-order valence-electron chi connectivity index (χ1n) is 5.26. The van der Waals surface area contributed by atoms with Gasteiger partial charge in [-0.3, -0.25) is 4.90 Å². The highest BCUT2D eigenvalue weighted by Crippen LogP contribution is 2.23. The quantitative estimate of drug-likeness (QED) is 0.674. The van der Waals surface area contributed by atoms with Gasteiger partial charge in [0.15, 0.2) is 0 Å². The Kier molecular flexibility index (Phi) is 2.86. The van der Waals surface area contributed by atoms with Gasteiger partial charge in [-0.15, -0.1) is 0 Å². The largest absolute Gasteiger partial charge is 0.383 e. The van der Waals surface area contributed by atoms with E-state index in [1.54, 1.807) is 7.11 Å². The summed E-state index contributed by atoms with van der Waals surface area (Å²) < 4.78 is 5.26. The van der Waals surface area contributed by atoms with Crippen molar-refractivity contribution in [2.75, 3.05) is 27.3 Å². The summed E-state index contributed by atoms with van der Waals surface area (Å²) in [6.07, 6.45) is 4.05. The first-order valence-corrected chi connectivity index (χ1v) is 5.26. The van der Waals surface area contributed by atoms with Crippen LogP contribution in [0.15, 0.2) is 0 Å². The zero-order valence-electron chi connectivity index (χ0n) is 8.62. The summed E-state index contributed by atoms with van der Waals surface area (Å²) in [7, 11) is 4.01. The van der Waals surface area contributed by atoms with Gasteiger partial charge in [0.25, 0.3) is 0 Å². The predicted molar refractivity (Wildman–Crippen MR) is 52.9 cm³/mol. The Morgan fingerprint density at radius 3 is 3.08 bits per heavy atom. The molecule has 76 valence electrons. The summed E-state index contributed by atoms with van der Waals surface area (Å²) in [5, 5.41) is 3.70. The molecule has 0 radical (unpaired) electrons. The van der Waals surface area contributed by atoms with Gasteiger partial charge in [0.1, 0.15) is 0 Å². The summed E-state index contributed by atoms with van der Waals surface area (Å²) in [6.45, 7) is 2.05. The van der Waals surface area contributed by atoms with Crippen LogP contribution in [0.3, 0.4) is 0 Å². The highest BCUT2D eigenvalue weighted by atomic mass is 16.5. The molecule has 0 unspecified atom stereocenters. The number of fused-ring (bicyclic) bond motifs is 2. The van der Waals surface area contributed by atoms with E-state index in [4.69, 9.17) is 4.74 Å². The van der Waals surface area contributed by atoms with Crippen LogP contribution in [0.5, 0.6) is 0 Å². The lowest BCUT2D eigenvalue weighted by Crippen LogP contribution is -2.64. The minimum absolute atomic E-state index is 0.585. The molecule has 3 heteroatoms. The van der Waals surface area contributed by atoms with E-state index in [1.165, 1.54) is 25.8 Å². The molecule has 0 spiro atoms. The van der Waals surface area contributed by atoms with Crippen molar-refractivity contribution in [1.82, 2.24) is 10.2 Å². The fourth-order valence-electron chi connectivity index (χ4n) is 2.71. The molecule has 2 bridgehead atoms. The number of likely N-dealkylation sites (tertiary alicyclic amines) is 1. The maximum absolute atomic E-state index is 5.26. The van der Waals surface area contributed by atoms with Gasteiger partial charge in [0.05, 0.1) is 6.61 Å². The van der Waals surface area contributed by atoms with Crippen LogP contribution in [-0.2, 0) is 4.74 Å². The number of ether oxygens (including phenoxy) is 1. The Bertz CT molecular complexity index is 172. The average Bonchev–Trinajstić information content (AvgIpc) is 2.12. The fraction of sp³-hybridized carbons (Fsp3) is 1.00. The molecular weight excluding hydrogens is 164 g/mol. The molecule has 13 heavy (non-hydrogen) atoms. The third-order valence-electron chi connectivity index (χ3n) is 3.39. The Morgan fingerprint density at radius 2 is 2.31 bits per heavy atom. The van der Waals surface area contributed by atoms with Gasteiger partial charge >= 0.3 is 0 Å². The number of hydrogen-bond donors (Lipinski definition) is 1. The molecule has 0 aromatic heterocycles. The number of rotatable bonds is 2. The highest BCUT2D eigenvalue weighted by molar-refractivity contribution is 4.95. The topological polar surface area (TPSA) is 24.5 Å². The minimum atomic E-state index is 0.585. The van der Waals surface area contributed by atoms with Gasteiger partial charge in [-0.2, -0.15) is 0 Å². The molecule has 2 aliphatic rings. The van der Waals surface area contributed by atoms with Gasteiger partial charge in [0.2, 0.25) is 0 Å². The van der Waals surface area contributed by atoms with E-state index < -0.39 is 0 Å². The lowest BCUT2D eigenvalue weighted by atomic mass is 9.89. The number of nitrogens with one attached hydrogen (secondary N) is 1. The van der Waals surface area contributed by atoms with Crippen molar-refractivity contribution < 1.29 is 4.74 Å². The van der Waals surface area contributed by atoms with Crippen molar-refractivity contribution in [3.05, 3.63) is 0 Å². The van der Waals surface area contributed by atoms with E-state index >= 15 is 0 Å². The second kappa shape index (κ2) is 3.95. The van der Waals surface area contributed by atoms with E-state index in [0.717, 1.165) is 12.6 Å². The van der Waals surface area contributed by atoms with Crippen LogP contribution in [0.1, 0.15) is 19.3 Å². The maximum Gasteiger partial charge on any atom is 0.0633 e. The van der Waals surface area contributed by atoms with Crippen molar-refractivity contribution in [2.45, 2.75) is 37.4 Å². The molecule has 1 N–H and O–H groups in total. The van der Waals surface area contributed by atoms with Crippen molar-refractivity contribution in [3.63, 3.8) is 0 Å². The molecule has 2 aliphatic heterocycles. The molecule has 3 atom stereocenters. The summed E-state index contributed by atoms with van der Waals surface area (Å²) in [5.74, 6) is 0. The van der Waals surface area contributed by atoms with E-state index in [1.807, 2.05) is 0 Å². The van der Waals surface area contributed by atoms with Crippen LogP contribution in [-0.4, -0.2) is 50.3 Å². The maximum atomic E-state index is 5.26. The van der Waals surface area contributed by atoms with Crippen molar-refractivity contribution in [2.24, 2.45) is 0 Å². The normalized spacial score (nSPS) is 40.6. The van der Waals surface area contributed by atoms with Crippen LogP contribution < -0.4 is 5.32 Å². The minimum Gasteiger partial charge on any atom is -0.383 e. The molecule has 2 heterocycles. The second-order valence-corrected chi connectivity index (χ2v) is 4.36. The van der Waals surface area contributed by atoms with Gasteiger partial charge in [-0.05, 0) is 19.9 Å². The van der Waals surface area contributed by atoms with Crippen molar-refractivity contribution >= 4 is 0 Å². The van der Waals surface area contributed by atoms with Gasteiger partial charge in [0, 0.05) is 31.8 Å². The van der Waals surface area contributed by atoms with Crippen molar-refractivity contribution in [3.8, 4) is 0 Å². The molecule has 0 saturated carbocycles. The van der Waals surface area contributed by atoms with Crippen LogP contribution in [0.25, 0.3) is 0 Å². The Labute approximate surface area is 80.4 Å². The molecule has 2 rings (SSSR count). The number of methoxy groups -OCH3 is 1. The lowest BCUT2D eigenvalue weighted by Gasteiger charge is -2.46. The molecule has 2 fully saturated rings. The number of hydrogen-bond acceptors (Lipinski definition) is 3. The number of piperidine rings is 1. The Morgan fingerprint density at radius 1 is 1.46 bits per heavy atom. The molecule has 0 aromatic carbocycles. The molecule has 0 aromatic rings. The van der Waals surface area contributed by atoms with E-state index in [9.17, 15) is 0 Å². The summed E-state index contributed by atoms with van der Waals surface area (Å²) in [4.78, 5) is 2.45. The summed E-state index contributed by atoms with van der Waals surface area (Å²) in [5.41, 5.74) is 0. The monoisotopic (exact) mass is 184 g/mol. The third kappa shape index (κ3) is 1.87. The van der Waals surface area contributed by atoms with E-state index in [-0.39, 0.29) is 0 Å². The smallest absolute Gasteiger partial charge is 0.0633 e. The van der Waals surface area contributed by atoms with Crippen LogP contribution in [0, 0.1) is 0 Å². The predicted octanol–water partition coefficient (Wildman–Crippen LogP) is 0.457. The molecule has 2 saturated heterocycles. The summed E-state index contributed by atoms with van der Waals surface area (Å²) in [6, 6.07) is 1.98. The zero-order chi connectivity index (χ0) is 9.26. The average molecular weight is 184 g/mol. The Balaban J connectivity index is 1.99. The summed E-state index contributed by atoms with van der Waals surface area (Å²) >= 11 is 0. The Hall–Kier alpha value is -0.120. The zero-order valence-corrected chi connectivity index (χ0v) is 8.62. The van der Waals surface area contributed by atoms with Gasteiger partial charge < -0.3 is 10.1 Å². The molecular formula is C10H20N2O. The van der Waals surface area contributed by atoms with E-state index in [2.05, 4.69) is 17.3 Å². The van der Waals surface area contributed by atoms with E-state index in [0.29, 0.717) is 12.1 Å². The van der Waals surface area contributed by atoms with Crippen molar-refractivity contribution in [1.29, 1.82) is 0 Å². The first kappa shape index (κ1) is 9.44. The number of piperazine rings is 1.